The Morgan fingerprint density at radius 3 is 2.55 bits per heavy atom. The number of nitrogens with zero attached hydrogens (tertiary/aromatic N) is 2. The molecule has 20 heavy (non-hydrogen) atoms. The van der Waals surface area contributed by atoms with Gasteiger partial charge in [-0.3, -0.25) is 9.78 Å². The van der Waals surface area contributed by atoms with Crippen LogP contribution in [-0.2, 0) is 0 Å². The van der Waals surface area contributed by atoms with Crippen molar-refractivity contribution in [2.45, 2.75) is 13.0 Å². The van der Waals surface area contributed by atoms with Gasteiger partial charge in [-0.1, -0.05) is 11.6 Å². The summed E-state index contributed by atoms with van der Waals surface area (Å²) in [5, 5.41) is 0.457. The lowest BCUT2D eigenvalue weighted by molar-refractivity contribution is 0.0742. The minimum atomic E-state index is -0.122. The first-order chi connectivity index (χ1) is 9.49. The number of nitrogen functional groups attached to an aromatic ring is 1. The molecule has 2 aromatic rings. The highest BCUT2D eigenvalue weighted by molar-refractivity contribution is 6.31. The fraction of sp³-hybridized carbons (Fsp3) is 0.200. The molecule has 0 aliphatic rings. The topological polar surface area (TPSA) is 59.2 Å². The molecule has 1 unspecified atom stereocenters. The Bertz CT molecular complexity index is 596. The fourth-order valence-electron chi connectivity index (χ4n) is 1.98. The molecule has 0 radical (unpaired) electrons. The van der Waals surface area contributed by atoms with Gasteiger partial charge in [0.25, 0.3) is 5.91 Å². The number of amides is 1. The predicted octanol–water partition coefficient (Wildman–Crippen LogP) is 3.15. The van der Waals surface area contributed by atoms with Gasteiger partial charge in [0.15, 0.2) is 0 Å². The van der Waals surface area contributed by atoms with Gasteiger partial charge < -0.3 is 10.6 Å². The van der Waals surface area contributed by atoms with E-state index in [9.17, 15) is 4.79 Å². The highest BCUT2D eigenvalue weighted by Gasteiger charge is 2.19. The van der Waals surface area contributed by atoms with Gasteiger partial charge in [0.1, 0.15) is 0 Å². The van der Waals surface area contributed by atoms with E-state index in [0.29, 0.717) is 16.3 Å². The number of nitrogens with two attached hydrogens (primary N) is 1. The lowest BCUT2D eigenvalue weighted by Crippen LogP contribution is -2.29. The van der Waals surface area contributed by atoms with Crippen LogP contribution in [0.3, 0.4) is 0 Å². The van der Waals surface area contributed by atoms with Crippen molar-refractivity contribution in [3.8, 4) is 0 Å². The molecule has 0 saturated heterocycles. The van der Waals surface area contributed by atoms with E-state index in [-0.39, 0.29) is 11.9 Å². The second-order valence-corrected chi connectivity index (χ2v) is 5.08. The van der Waals surface area contributed by atoms with Crippen molar-refractivity contribution in [3.63, 3.8) is 0 Å². The van der Waals surface area contributed by atoms with Crippen molar-refractivity contribution < 1.29 is 4.79 Å². The Kier molecular flexibility index (Phi) is 4.25. The van der Waals surface area contributed by atoms with E-state index in [1.165, 1.54) is 0 Å². The van der Waals surface area contributed by atoms with Crippen molar-refractivity contribution in [1.82, 2.24) is 9.88 Å². The molecular formula is C15H16ClN3O. The Balaban J connectivity index is 2.24. The van der Waals surface area contributed by atoms with Gasteiger partial charge in [0, 0.05) is 35.7 Å². The van der Waals surface area contributed by atoms with Crippen LogP contribution < -0.4 is 5.73 Å². The van der Waals surface area contributed by atoms with Crippen LogP contribution in [0.2, 0.25) is 5.02 Å². The van der Waals surface area contributed by atoms with Crippen LogP contribution in [0, 0.1) is 0 Å². The summed E-state index contributed by atoms with van der Waals surface area (Å²) in [6.07, 6.45) is 3.42. The van der Waals surface area contributed by atoms with Gasteiger partial charge in [-0.15, -0.1) is 0 Å². The van der Waals surface area contributed by atoms with Crippen LogP contribution >= 0.6 is 11.6 Å². The van der Waals surface area contributed by atoms with Crippen molar-refractivity contribution in [2.75, 3.05) is 12.8 Å². The van der Waals surface area contributed by atoms with Crippen molar-refractivity contribution in [2.24, 2.45) is 0 Å². The highest BCUT2D eigenvalue weighted by atomic mass is 35.5. The van der Waals surface area contributed by atoms with Crippen LogP contribution in [0.25, 0.3) is 0 Å². The Hall–Kier alpha value is -2.07. The number of pyridine rings is 1. The average Bonchev–Trinajstić information content (AvgIpc) is 2.45. The van der Waals surface area contributed by atoms with Crippen molar-refractivity contribution >= 4 is 23.2 Å². The maximum atomic E-state index is 12.5. The molecule has 1 heterocycles. The zero-order valence-electron chi connectivity index (χ0n) is 11.4. The summed E-state index contributed by atoms with van der Waals surface area (Å²) >= 11 is 5.94. The Morgan fingerprint density at radius 2 is 1.95 bits per heavy atom. The maximum absolute atomic E-state index is 12.5. The number of hydrogen-bond donors (Lipinski definition) is 1. The van der Waals surface area contributed by atoms with Crippen molar-refractivity contribution in [1.29, 1.82) is 0 Å². The molecular weight excluding hydrogens is 274 g/mol. The molecule has 0 aliphatic carbocycles. The third-order valence-corrected chi connectivity index (χ3v) is 3.48. The number of anilines is 1. The van der Waals surface area contributed by atoms with E-state index in [1.54, 1.807) is 42.5 Å². The summed E-state index contributed by atoms with van der Waals surface area (Å²) in [7, 11) is 1.75. The van der Waals surface area contributed by atoms with Crippen LogP contribution in [0.5, 0.6) is 0 Å². The Labute approximate surface area is 123 Å². The summed E-state index contributed by atoms with van der Waals surface area (Å²) < 4.78 is 0. The minimum absolute atomic E-state index is 0.0642. The molecule has 1 atom stereocenters. The summed E-state index contributed by atoms with van der Waals surface area (Å²) in [4.78, 5) is 18.1. The summed E-state index contributed by atoms with van der Waals surface area (Å²) in [6.45, 7) is 1.96. The zero-order chi connectivity index (χ0) is 14.7. The highest BCUT2D eigenvalue weighted by Crippen LogP contribution is 2.22. The Morgan fingerprint density at radius 1 is 1.30 bits per heavy atom. The van der Waals surface area contributed by atoms with Crippen LogP contribution in [-0.4, -0.2) is 22.8 Å². The number of benzene rings is 1. The van der Waals surface area contributed by atoms with E-state index in [4.69, 9.17) is 17.3 Å². The summed E-state index contributed by atoms with van der Waals surface area (Å²) in [6, 6.07) is 8.58. The molecule has 5 heteroatoms. The average molecular weight is 290 g/mol. The molecule has 2 N–H and O–H groups in total. The number of carbonyl (C=O) groups excluding carboxylic acids is 1. The third kappa shape index (κ3) is 3.08. The molecule has 0 fully saturated rings. The molecule has 104 valence electrons. The lowest BCUT2D eigenvalue weighted by atomic mass is 10.1. The van der Waals surface area contributed by atoms with Gasteiger partial charge in [-0.05, 0) is 42.8 Å². The van der Waals surface area contributed by atoms with Crippen molar-refractivity contribution in [3.05, 3.63) is 58.9 Å². The van der Waals surface area contributed by atoms with Gasteiger partial charge in [0.05, 0.1) is 6.04 Å². The van der Waals surface area contributed by atoms with E-state index >= 15 is 0 Å². The summed E-state index contributed by atoms with van der Waals surface area (Å²) in [5.41, 5.74) is 7.70. The molecule has 1 aromatic carbocycles. The minimum Gasteiger partial charge on any atom is -0.399 e. The maximum Gasteiger partial charge on any atom is 0.254 e. The molecule has 4 nitrogen and oxygen atoms in total. The second-order valence-electron chi connectivity index (χ2n) is 4.65. The van der Waals surface area contributed by atoms with Gasteiger partial charge in [-0.2, -0.15) is 0 Å². The SMILES string of the molecule is CC(c1ccncc1)N(C)C(=O)c1cc(N)cc(Cl)c1. The molecule has 0 aliphatic heterocycles. The first-order valence-corrected chi connectivity index (χ1v) is 6.60. The van der Waals surface area contributed by atoms with E-state index < -0.39 is 0 Å². The fourth-order valence-corrected chi connectivity index (χ4v) is 2.22. The number of aromatic nitrogens is 1. The summed E-state index contributed by atoms with van der Waals surface area (Å²) in [5.74, 6) is -0.122. The number of rotatable bonds is 3. The molecule has 0 saturated carbocycles. The van der Waals surface area contributed by atoms with Gasteiger partial charge in [0.2, 0.25) is 0 Å². The van der Waals surface area contributed by atoms with Crippen LogP contribution in [0.4, 0.5) is 5.69 Å². The van der Waals surface area contributed by atoms with Crippen LogP contribution in [0.15, 0.2) is 42.7 Å². The first-order valence-electron chi connectivity index (χ1n) is 6.22. The molecule has 1 aromatic heterocycles. The monoisotopic (exact) mass is 289 g/mol. The second kappa shape index (κ2) is 5.92. The van der Waals surface area contributed by atoms with Gasteiger partial charge >= 0.3 is 0 Å². The van der Waals surface area contributed by atoms with Gasteiger partial charge in [-0.25, -0.2) is 0 Å². The van der Waals surface area contributed by atoms with Crippen LogP contribution in [0.1, 0.15) is 28.9 Å². The predicted molar refractivity (Wildman–Crippen MR) is 80.6 cm³/mol. The molecule has 1 amide bonds. The number of carbonyl (C=O) groups is 1. The first kappa shape index (κ1) is 14.3. The normalized spacial score (nSPS) is 11.9. The quantitative estimate of drug-likeness (QED) is 0.883. The number of halogens is 1. The number of hydrogen-bond acceptors (Lipinski definition) is 3. The molecule has 2 rings (SSSR count). The third-order valence-electron chi connectivity index (χ3n) is 3.26. The van der Waals surface area contributed by atoms with E-state index in [1.807, 2.05) is 19.1 Å². The molecule has 0 bridgehead atoms. The standard InChI is InChI=1S/C15H16ClN3O/c1-10(11-3-5-18-6-4-11)19(2)15(20)12-7-13(16)9-14(17)8-12/h3-10H,17H2,1-2H3. The smallest absolute Gasteiger partial charge is 0.254 e. The zero-order valence-corrected chi connectivity index (χ0v) is 12.1. The largest absolute Gasteiger partial charge is 0.399 e. The van der Waals surface area contributed by atoms with E-state index in [2.05, 4.69) is 4.98 Å². The van der Waals surface area contributed by atoms with E-state index in [0.717, 1.165) is 5.56 Å². The molecule has 0 spiro atoms. The lowest BCUT2D eigenvalue weighted by Gasteiger charge is -2.25.